The molecular formula is C7H13NO4. The van der Waals surface area contributed by atoms with Crippen LogP contribution in [0.5, 0.6) is 0 Å². The topological polar surface area (TPSA) is 89.6 Å². The standard InChI is InChI=1S/C7H13NO4/c1-5(4-9)12-7(11)3-2-6(8)10/h5,9H,2-4H2,1H3,(H2,8,10). The molecule has 0 radical (unpaired) electrons. The summed E-state index contributed by atoms with van der Waals surface area (Å²) in [6.07, 6.45) is -0.568. The van der Waals surface area contributed by atoms with Crippen LogP contribution in [0.1, 0.15) is 19.8 Å². The molecule has 0 heterocycles. The van der Waals surface area contributed by atoms with Crippen LogP contribution >= 0.6 is 0 Å². The quantitative estimate of drug-likeness (QED) is 0.534. The number of carbonyl (C=O) groups is 2. The predicted octanol–water partition coefficient (Wildman–Crippen LogP) is -0.824. The second kappa shape index (κ2) is 5.54. The van der Waals surface area contributed by atoms with E-state index in [4.69, 9.17) is 10.8 Å². The molecule has 5 heteroatoms. The number of ether oxygens (including phenoxy) is 1. The van der Waals surface area contributed by atoms with Gasteiger partial charge in [-0.1, -0.05) is 0 Å². The molecule has 0 aliphatic rings. The fraction of sp³-hybridized carbons (Fsp3) is 0.714. The Morgan fingerprint density at radius 2 is 2.08 bits per heavy atom. The van der Waals surface area contributed by atoms with Crippen molar-refractivity contribution in [2.75, 3.05) is 6.61 Å². The fourth-order valence-electron chi connectivity index (χ4n) is 0.546. The van der Waals surface area contributed by atoms with Crippen molar-refractivity contribution >= 4 is 11.9 Å². The van der Waals surface area contributed by atoms with Gasteiger partial charge < -0.3 is 15.6 Å². The number of primary amides is 1. The highest BCUT2D eigenvalue weighted by molar-refractivity contribution is 5.79. The molecule has 0 aliphatic carbocycles. The van der Waals surface area contributed by atoms with E-state index in [2.05, 4.69) is 4.74 Å². The molecule has 0 aromatic rings. The second-order valence-electron chi connectivity index (χ2n) is 2.45. The summed E-state index contributed by atoms with van der Waals surface area (Å²) in [5, 5.41) is 8.49. The molecule has 0 aromatic heterocycles. The Balaban J connectivity index is 3.53. The first-order valence-corrected chi connectivity index (χ1v) is 3.65. The third kappa shape index (κ3) is 5.67. The Labute approximate surface area is 70.5 Å². The van der Waals surface area contributed by atoms with Crippen LogP contribution in [0.2, 0.25) is 0 Å². The van der Waals surface area contributed by atoms with Gasteiger partial charge in [-0.2, -0.15) is 0 Å². The second-order valence-corrected chi connectivity index (χ2v) is 2.45. The van der Waals surface area contributed by atoms with Crippen LogP contribution < -0.4 is 5.73 Å². The van der Waals surface area contributed by atoms with Crippen molar-refractivity contribution in [2.24, 2.45) is 5.73 Å². The number of carbonyl (C=O) groups excluding carboxylic acids is 2. The van der Waals surface area contributed by atoms with Crippen LogP contribution in [-0.2, 0) is 14.3 Å². The maximum Gasteiger partial charge on any atom is 0.306 e. The zero-order valence-electron chi connectivity index (χ0n) is 6.95. The Kier molecular flexibility index (Phi) is 5.03. The smallest absolute Gasteiger partial charge is 0.306 e. The molecule has 0 fully saturated rings. The van der Waals surface area contributed by atoms with Gasteiger partial charge in [-0.15, -0.1) is 0 Å². The minimum atomic E-state index is -0.538. The average Bonchev–Trinajstić information content (AvgIpc) is 2.00. The van der Waals surface area contributed by atoms with Gasteiger partial charge in [-0.3, -0.25) is 9.59 Å². The molecule has 0 saturated carbocycles. The third-order valence-corrected chi connectivity index (χ3v) is 1.17. The van der Waals surface area contributed by atoms with Gasteiger partial charge in [0, 0.05) is 6.42 Å². The van der Waals surface area contributed by atoms with E-state index in [0.717, 1.165) is 0 Å². The molecule has 0 rings (SSSR count). The monoisotopic (exact) mass is 175 g/mol. The Morgan fingerprint density at radius 3 is 2.50 bits per heavy atom. The Morgan fingerprint density at radius 1 is 1.50 bits per heavy atom. The Hall–Kier alpha value is -1.10. The average molecular weight is 175 g/mol. The number of amides is 1. The van der Waals surface area contributed by atoms with Crippen molar-refractivity contribution < 1.29 is 19.4 Å². The van der Waals surface area contributed by atoms with Crippen LogP contribution in [-0.4, -0.2) is 29.7 Å². The normalized spacial score (nSPS) is 12.2. The first-order chi connectivity index (χ1) is 5.56. The molecule has 5 nitrogen and oxygen atoms in total. The van der Waals surface area contributed by atoms with E-state index < -0.39 is 18.0 Å². The molecule has 1 amide bonds. The lowest BCUT2D eigenvalue weighted by Crippen LogP contribution is -2.20. The van der Waals surface area contributed by atoms with E-state index in [1.807, 2.05) is 0 Å². The molecule has 1 unspecified atom stereocenters. The third-order valence-electron chi connectivity index (χ3n) is 1.17. The van der Waals surface area contributed by atoms with Gasteiger partial charge in [0.05, 0.1) is 13.0 Å². The van der Waals surface area contributed by atoms with Gasteiger partial charge in [0.25, 0.3) is 0 Å². The molecule has 0 aliphatic heterocycles. The van der Waals surface area contributed by atoms with E-state index >= 15 is 0 Å². The molecule has 3 N–H and O–H groups in total. The summed E-state index contributed by atoms with van der Waals surface area (Å²) in [5.74, 6) is -1.06. The summed E-state index contributed by atoms with van der Waals surface area (Å²) in [7, 11) is 0. The van der Waals surface area contributed by atoms with Crippen molar-refractivity contribution in [3.8, 4) is 0 Å². The fourth-order valence-corrected chi connectivity index (χ4v) is 0.546. The largest absolute Gasteiger partial charge is 0.460 e. The minimum absolute atomic E-state index is 0.0169. The van der Waals surface area contributed by atoms with Crippen LogP contribution in [0.25, 0.3) is 0 Å². The number of nitrogens with two attached hydrogens (primary N) is 1. The highest BCUT2D eigenvalue weighted by Gasteiger charge is 2.08. The minimum Gasteiger partial charge on any atom is -0.460 e. The number of rotatable bonds is 5. The number of aliphatic hydroxyl groups is 1. The Bertz CT molecular complexity index is 169. The van der Waals surface area contributed by atoms with Gasteiger partial charge in [0.15, 0.2) is 0 Å². The van der Waals surface area contributed by atoms with Crippen molar-refractivity contribution in [2.45, 2.75) is 25.9 Å². The number of hydrogen-bond donors (Lipinski definition) is 2. The van der Waals surface area contributed by atoms with Gasteiger partial charge >= 0.3 is 5.97 Å². The zero-order chi connectivity index (χ0) is 9.56. The molecule has 1 atom stereocenters. The van der Waals surface area contributed by atoms with Crippen LogP contribution in [0.15, 0.2) is 0 Å². The summed E-state index contributed by atoms with van der Waals surface area (Å²) in [4.78, 5) is 21.0. The molecule has 0 spiro atoms. The molecule has 70 valence electrons. The summed E-state index contributed by atoms with van der Waals surface area (Å²) in [6, 6.07) is 0. The van der Waals surface area contributed by atoms with Gasteiger partial charge in [0.2, 0.25) is 5.91 Å². The zero-order valence-corrected chi connectivity index (χ0v) is 6.95. The highest BCUT2D eigenvalue weighted by Crippen LogP contribution is 1.96. The summed E-state index contributed by atoms with van der Waals surface area (Å²) >= 11 is 0. The van der Waals surface area contributed by atoms with Crippen LogP contribution in [0.4, 0.5) is 0 Å². The number of hydrogen-bond acceptors (Lipinski definition) is 4. The number of aliphatic hydroxyl groups excluding tert-OH is 1. The first-order valence-electron chi connectivity index (χ1n) is 3.65. The van der Waals surface area contributed by atoms with E-state index in [-0.39, 0.29) is 19.4 Å². The van der Waals surface area contributed by atoms with E-state index in [9.17, 15) is 9.59 Å². The SMILES string of the molecule is CC(CO)OC(=O)CCC(N)=O. The van der Waals surface area contributed by atoms with E-state index in [0.29, 0.717) is 0 Å². The van der Waals surface area contributed by atoms with Crippen molar-refractivity contribution in [1.82, 2.24) is 0 Å². The lowest BCUT2D eigenvalue weighted by molar-refractivity contribution is -0.150. The summed E-state index contributed by atoms with van der Waals surface area (Å²) in [6.45, 7) is 1.34. The lowest BCUT2D eigenvalue weighted by atomic mass is 10.3. The maximum absolute atomic E-state index is 10.8. The van der Waals surface area contributed by atoms with E-state index in [1.165, 1.54) is 0 Å². The molecule has 0 aromatic carbocycles. The lowest BCUT2D eigenvalue weighted by Gasteiger charge is -2.08. The molecule has 0 saturated heterocycles. The van der Waals surface area contributed by atoms with Crippen molar-refractivity contribution in [3.05, 3.63) is 0 Å². The van der Waals surface area contributed by atoms with Crippen LogP contribution in [0.3, 0.4) is 0 Å². The van der Waals surface area contributed by atoms with E-state index in [1.54, 1.807) is 6.92 Å². The highest BCUT2D eigenvalue weighted by atomic mass is 16.5. The van der Waals surface area contributed by atoms with Gasteiger partial charge in [0.1, 0.15) is 6.10 Å². The van der Waals surface area contributed by atoms with Crippen molar-refractivity contribution in [1.29, 1.82) is 0 Å². The first kappa shape index (κ1) is 10.9. The molecule has 0 bridgehead atoms. The molecule has 12 heavy (non-hydrogen) atoms. The summed E-state index contributed by atoms with van der Waals surface area (Å²) in [5.41, 5.74) is 4.81. The van der Waals surface area contributed by atoms with Crippen LogP contribution in [0, 0.1) is 0 Å². The van der Waals surface area contributed by atoms with Crippen molar-refractivity contribution in [3.63, 3.8) is 0 Å². The number of esters is 1. The predicted molar refractivity (Wildman–Crippen MR) is 41.1 cm³/mol. The van der Waals surface area contributed by atoms with Gasteiger partial charge in [-0.05, 0) is 6.92 Å². The summed E-state index contributed by atoms with van der Waals surface area (Å²) < 4.78 is 4.65. The maximum atomic E-state index is 10.8. The van der Waals surface area contributed by atoms with Gasteiger partial charge in [-0.25, -0.2) is 0 Å². The molecular weight excluding hydrogens is 162 g/mol.